The number of aryl methyl sites for hydroxylation is 3. The molecule has 0 spiro atoms. The molecule has 11 heteroatoms. The Hall–Kier alpha value is -6.04. The number of hydrogen-bond donors (Lipinski definition) is 2. The summed E-state index contributed by atoms with van der Waals surface area (Å²) in [6.45, 7) is 32.7. The number of hydroxylamine groups is 1. The lowest BCUT2D eigenvalue weighted by Gasteiger charge is -2.23. The first-order valence-corrected chi connectivity index (χ1v) is 23.7. The van der Waals surface area contributed by atoms with Crippen molar-refractivity contribution in [2.45, 2.75) is 121 Å². The van der Waals surface area contributed by atoms with E-state index in [1.54, 1.807) is 7.05 Å². The van der Waals surface area contributed by atoms with Gasteiger partial charge in [-0.1, -0.05) is 63.8 Å². The molecule has 11 nitrogen and oxygen atoms in total. The summed E-state index contributed by atoms with van der Waals surface area (Å²) in [6, 6.07) is 17.4. The van der Waals surface area contributed by atoms with Crippen molar-refractivity contribution in [2.24, 2.45) is 4.99 Å². The maximum Gasteiger partial charge on any atom is 0.320 e. The summed E-state index contributed by atoms with van der Waals surface area (Å²) in [5, 5.41) is 8.02. The SMILES string of the molecule is C/C(C=O)=C\c1cc(C2CCOCC2)ccc1C.C=Cc1cc(N(/C=C\C)/C(C)=C/C)ccc1NC.CC.CCC(=NC)NOC=O.Cc1cc(-n2nc3c(c2C)CN(C)CC3)cc(C)c1C. The third kappa shape index (κ3) is 17.3. The number of carbonyl (C=O) groups excluding carboxylic acids is 2. The van der Waals surface area contributed by atoms with Crippen molar-refractivity contribution in [2.75, 3.05) is 51.1 Å². The lowest BCUT2D eigenvalue weighted by atomic mass is 9.89. The molecule has 1 fully saturated rings. The maximum absolute atomic E-state index is 10.7. The van der Waals surface area contributed by atoms with Crippen LogP contribution in [0, 0.1) is 34.6 Å². The molecular formula is C56H81N7O4. The van der Waals surface area contributed by atoms with Crippen molar-refractivity contribution in [3.05, 3.63) is 141 Å². The zero-order chi connectivity index (χ0) is 50.1. The molecule has 4 aromatic rings. The average Bonchev–Trinajstić information content (AvgIpc) is 3.68. The summed E-state index contributed by atoms with van der Waals surface area (Å²) in [6.07, 6.45) is 14.9. The predicted octanol–water partition coefficient (Wildman–Crippen LogP) is 12.3. The lowest BCUT2D eigenvalue weighted by Crippen LogP contribution is -2.26. The minimum Gasteiger partial charge on any atom is -0.388 e. The quantitative estimate of drug-likeness (QED) is 0.0471. The van der Waals surface area contributed by atoms with Crippen LogP contribution in [0.15, 0.2) is 89.7 Å². The molecule has 1 saturated heterocycles. The highest BCUT2D eigenvalue weighted by Gasteiger charge is 2.22. The monoisotopic (exact) mass is 916 g/mol. The summed E-state index contributed by atoms with van der Waals surface area (Å²) < 4.78 is 7.53. The molecule has 1 aromatic heterocycles. The van der Waals surface area contributed by atoms with Gasteiger partial charge in [0.2, 0.25) is 0 Å². The molecule has 67 heavy (non-hydrogen) atoms. The van der Waals surface area contributed by atoms with E-state index in [1.165, 1.54) is 56.2 Å². The van der Waals surface area contributed by atoms with E-state index >= 15 is 0 Å². The first-order chi connectivity index (χ1) is 32.2. The van der Waals surface area contributed by atoms with Gasteiger partial charge in [0, 0.05) is 87.8 Å². The fraction of sp³-hybridized carbons (Fsp3) is 0.429. The summed E-state index contributed by atoms with van der Waals surface area (Å²) >= 11 is 0. The van der Waals surface area contributed by atoms with Gasteiger partial charge in [-0.05, 0) is 169 Å². The van der Waals surface area contributed by atoms with E-state index in [9.17, 15) is 9.59 Å². The van der Waals surface area contributed by atoms with E-state index in [4.69, 9.17) is 9.84 Å². The van der Waals surface area contributed by atoms with E-state index in [-0.39, 0.29) is 0 Å². The summed E-state index contributed by atoms with van der Waals surface area (Å²) in [5.41, 5.74) is 20.6. The standard InChI is InChI=1S/C17H23N3.C16H22N2.C16H20O2.C5H10N2O2.C2H6/c1-11-8-15(9-12(2)13(11)3)20-14(4)16-10-19(5)7-6-17(16)18-20;1-6-11-18(13(4)7-2)15-9-10-16(17-5)14(8-3)12-15;1-12(11-17)9-16-10-15(4-3-13(16)2)14-5-7-18-8-6-14;1-3-5(6-2)7-9-4-8;1-2/h8-9H,6-7,10H2,1-5H3;6-12,17H,3H2,1-2,4-5H3;3-4,9-11,14H,5-8H2,1-2H3;4H,3H2,1-2H3,(H,6,7);1-2H3/b;11-6-,13-7+;12-9+;;. The summed E-state index contributed by atoms with van der Waals surface area (Å²) in [4.78, 5) is 32.8. The second kappa shape index (κ2) is 30.3. The van der Waals surface area contributed by atoms with Crippen LogP contribution in [-0.2, 0) is 32.1 Å². The van der Waals surface area contributed by atoms with Gasteiger partial charge in [-0.3, -0.25) is 14.6 Å². The average molecular weight is 916 g/mol. The smallest absolute Gasteiger partial charge is 0.320 e. The largest absolute Gasteiger partial charge is 0.388 e. The Kier molecular flexibility index (Phi) is 25.8. The fourth-order valence-electron chi connectivity index (χ4n) is 7.57. The van der Waals surface area contributed by atoms with Gasteiger partial charge in [0.25, 0.3) is 0 Å². The number of anilines is 2. The topological polar surface area (TPSA) is 113 Å². The number of fused-ring (bicyclic) bond motifs is 1. The van der Waals surface area contributed by atoms with Crippen molar-refractivity contribution in [1.82, 2.24) is 20.2 Å². The van der Waals surface area contributed by atoms with Crippen LogP contribution in [0.2, 0.25) is 0 Å². The third-order valence-corrected chi connectivity index (χ3v) is 11.9. The predicted molar refractivity (Wildman–Crippen MR) is 284 cm³/mol. The lowest BCUT2D eigenvalue weighted by molar-refractivity contribution is -0.132. The number of aromatic nitrogens is 2. The number of nitrogens with zero attached hydrogens (tertiary/aromatic N) is 5. The van der Waals surface area contributed by atoms with Crippen LogP contribution in [0.4, 0.5) is 11.4 Å². The highest BCUT2D eigenvalue weighted by Crippen LogP contribution is 2.30. The zero-order valence-corrected chi connectivity index (χ0v) is 43.5. The molecule has 3 heterocycles. The van der Waals surface area contributed by atoms with E-state index in [0.717, 1.165) is 86.3 Å². The van der Waals surface area contributed by atoms with Gasteiger partial charge in [-0.15, -0.1) is 0 Å². The molecular weight excluding hydrogens is 835 g/mol. The molecule has 0 atom stereocenters. The molecule has 2 N–H and O–H groups in total. The van der Waals surface area contributed by atoms with Gasteiger partial charge < -0.3 is 24.7 Å². The second-order valence-corrected chi connectivity index (χ2v) is 16.5. The first-order valence-electron chi connectivity index (χ1n) is 23.7. The Morgan fingerprint density at radius 3 is 2.19 bits per heavy atom. The van der Waals surface area contributed by atoms with E-state index in [2.05, 4.69) is 151 Å². The van der Waals surface area contributed by atoms with Crippen molar-refractivity contribution >= 4 is 42.1 Å². The molecule has 0 amide bonds. The Labute approximate surface area is 403 Å². The first kappa shape index (κ1) is 57.1. The highest BCUT2D eigenvalue weighted by atomic mass is 16.7. The molecule has 2 aliphatic rings. The van der Waals surface area contributed by atoms with Gasteiger partial charge in [0.1, 0.15) is 12.1 Å². The third-order valence-electron chi connectivity index (χ3n) is 11.9. The number of allylic oxidation sites excluding steroid dienone is 4. The van der Waals surface area contributed by atoms with Gasteiger partial charge in [-0.25, -0.2) is 10.2 Å². The Morgan fingerprint density at radius 1 is 0.970 bits per heavy atom. The second-order valence-electron chi connectivity index (χ2n) is 16.5. The van der Waals surface area contributed by atoms with Crippen LogP contribution in [-0.4, -0.2) is 74.2 Å². The van der Waals surface area contributed by atoms with Crippen LogP contribution in [0.5, 0.6) is 0 Å². The Balaban J connectivity index is 0.000000312. The van der Waals surface area contributed by atoms with Crippen molar-refractivity contribution in [1.29, 1.82) is 0 Å². The Bertz CT molecular complexity index is 2290. The number of ether oxygens (including phenoxy) is 1. The highest BCUT2D eigenvalue weighted by molar-refractivity contribution is 5.81. The van der Waals surface area contributed by atoms with Crippen LogP contribution < -0.4 is 15.7 Å². The van der Waals surface area contributed by atoms with Crippen molar-refractivity contribution < 1.29 is 19.2 Å². The van der Waals surface area contributed by atoms with Crippen LogP contribution in [0.3, 0.4) is 0 Å². The normalized spacial score (nSPS) is 14.0. The number of amidine groups is 1. The number of carbonyl (C=O) groups is 2. The molecule has 0 aliphatic carbocycles. The number of aldehydes is 1. The van der Waals surface area contributed by atoms with Gasteiger partial charge >= 0.3 is 6.47 Å². The summed E-state index contributed by atoms with van der Waals surface area (Å²) in [5.74, 6) is 1.25. The molecule has 0 unspecified atom stereocenters. The zero-order valence-electron chi connectivity index (χ0n) is 43.5. The molecule has 364 valence electrons. The molecule has 0 radical (unpaired) electrons. The molecule has 3 aromatic carbocycles. The number of rotatable bonds is 12. The van der Waals surface area contributed by atoms with E-state index < -0.39 is 0 Å². The van der Waals surface area contributed by atoms with Gasteiger partial charge in [0.15, 0.2) is 0 Å². The number of aliphatic imine (C=N–C) groups is 1. The minimum atomic E-state index is 0.320. The van der Waals surface area contributed by atoms with E-state index in [0.29, 0.717) is 18.2 Å². The number of hydrogen-bond acceptors (Lipinski definition) is 9. The minimum absolute atomic E-state index is 0.320. The molecule has 0 saturated carbocycles. The number of benzene rings is 3. The van der Waals surface area contributed by atoms with Crippen molar-refractivity contribution in [3.8, 4) is 5.69 Å². The molecule has 0 bridgehead atoms. The maximum atomic E-state index is 10.7. The number of likely N-dealkylation sites (N-methyl/N-ethyl adjacent to an activating group) is 1. The van der Waals surface area contributed by atoms with Crippen LogP contribution in [0.1, 0.15) is 130 Å². The van der Waals surface area contributed by atoms with Crippen molar-refractivity contribution in [3.63, 3.8) is 0 Å². The molecule has 6 rings (SSSR count). The van der Waals surface area contributed by atoms with Gasteiger partial charge in [0.05, 0.1) is 11.4 Å². The van der Waals surface area contributed by atoms with Crippen LogP contribution in [0.25, 0.3) is 17.8 Å². The summed E-state index contributed by atoms with van der Waals surface area (Å²) in [7, 11) is 5.73. The van der Waals surface area contributed by atoms with E-state index in [1.807, 2.05) is 66.8 Å². The van der Waals surface area contributed by atoms with Gasteiger partial charge in [-0.2, -0.15) is 5.10 Å². The molecule has 2 aliphatic heterocycles. The fourth-order valence-corrected chi connectivity index (χ4v) is 7.57. The Morgan fingerprint density at radius 2 is 1.64 bits per heavy atom. The number of nitrogens with one attached hydrogen (secondary N) is 2. The van der Waals surface area contributed by atoms with Crippen LogP contribution >= 0.6 is 0 Å².